The summed E-state index contributed by atoms with van der Waals surface area (Å²) in [4.78, 5) is 10.9. The second-order valence-electron chi connectivity index (χ2n) is 25.0. The summed E-state index contributed by atoms with van der Waals surface area (Å²) in [5.41, 5.74) is 8.32. The van der Waals surface area contributed by atoms with Crippen molar-refractivity contribution in [2.75, 3.05) is 0 Å². The molecular weight excluding hydrogens is 1370 g/mol. The normalized spacial score (nSPS) is 12.1. The van der Waals surface area contributed by atoms with E-state index in [1.165, 1.54) is 12.1 Å². The minimum Gasteiger partial charge on any atom is -0.791 e. The molecule has 1 atom stereocenters. The molecule has 28 heteroatoms. The van der Waals surface area contributed by atoms with Crippen LogP contribution in [0.25, 0.3) is 4.78 Å². The Hall–Kier alpha value is -11.5. The third-order valence-electron chi connectivity index (χ3n) is 18.2. The molecule has 0 aliphatic carbocycles. The van der Waals surface area contributed by atoms with Crippen molar-refractivity contribution < 1.29 is 42.9 Å². The van der Waals surface area contributed by atoms with E-state index in [0.29, 0.717) is 0 Å². The van der Waals surface area contributed by atoms with Gasteiger partial charge < -0.3 is 56.0 Å². The summed E-state index contributed by atoms with van der Waals surface area (Å²) in [7, 11) is -4.07. The number of pyridine rings is 2. The van der Waals surface area contributed by atoms with Crippen LogP contribution in [0.5, 0.6) is 0 Å². The van der Waals surface area contributed by atoms with Gasteiger partial charge in [-0.2, -0.15) is 31.9 Å². The van der Waals surface area contributed by atoms with E-state index in [1.807, 2.05) is 265 Å². The van der Waals surface area contributed by atoms with E-state index in [9.17, 15) is 8.76 Å². The van der Waals surface area contributed by atoms with E-state index in [1.54, 1.807) is 61.7 Å². The van der Waals surface area contributed by atoms with Crippen LogP contribution in [0.15, 0.2) is 371 Å². The maximum absolute atomic E-state index is 10.7. The Kier molecular flexibility index (Phi) is 22.4. The Morgan fingerprint density at radius 2 is 0.490 bits per heavy atom. The summed E-state index contributed by atoms with van der Waals surface area (Å²) in [5.74, 6) is 0. The smallest absolute Gasteiger partial charge is 0.791 e. The van der Waals surface area contributed by atoms with Crippen molar-refractivity contribution in [3.05, 3.63) is 376 Å². The van der Waals surface area contributed by atoms with E-state index in [4.69, 9.17) is 55.5 Å². The van der Waals surface area contributed by atoms with Gasteiger partial charge in [0.05, 0.1) is 0 Å². The molecule has 1 unspecified atom stereocenters. The molecule has 21 nitrogen and oxygen atoms in total. The zero-order valence-corrected chi connectivity index (χ0v) is 58.9. The van der Waals surface area contributed by atoms with E-state index >= 15 is 0 Å². The summed E-state index contributed by atoms with van der Waals surface area (Å²) < 4.78 is 46.0. The summed E-state index contributed by atoms with van der Waals surface area (Å²) in [6.45, 7) is 6.11. The predicted octanol–water partition coefficient (Wildman–Crippen LogP) is 6.54. The van der Waals surface area contributed by atoms with Crippen molar-refractivity contribution in [3.63, 3.8) is 0 Å². The van der Waals surface area contributed by atoms with E-state index in [-0.39, 0.29) is 44.4 Å². The predicted molar refractivity (Wildman–Crippen MR) is 397 cm³/mol. The molecule has 0 saturated heterocycles. The largest absolute Gasteiger partial charge is 3.00 e. The molecule has 2 radical (unpaired) electrons. The average Bonchev–Trinajstić information content (AvgIpc) is 1.32. The van der Waals surface area contributed by atoms with E-state index < -0.39 is 35.7 Å². The molecule has 0 amide bonds. The number of hydrogen-bond acceptors (Lipinski definition) is 12. The zero-order chi connectivity index (χ0) is 68.9. The molecule has 0 fully saturated rings. The van der Waals surface area contributed by atoms with Crippen molar-refractivity contribution in [2.24, 2.45) is 0 Å². The molecule has 0 aliphatic heterocycles. The van der Waals surface area contributed by atoms with Crippen LogP contribution < -0.4 is 44.2 Å². The summed E-state index contributed by atoms with van der Waals surface area (Å²) in [6.07, 6.45) is 22.3. The molecule has 6 aromatic carbocycles. The van der Waals surface area contributed by atoms with Crippen LogP contribution >= 0.6 is 0 Å². The molecule has 0 aliphatic rings. The van der Waals surface area contributed by atoms with Crippen LogP contribution in [0.4, 0.5) is 0 Å². The van der Waals surface area contributed by atoms with Crippen molar-refractivity contribution in [2.45, 2.75) is 31.1 Å². The molecule has 10 heterocycles. The summed E-state index contributed by atoms with van der Waals surface area (Å²) in [5, 5.41) is 38.1. The first-order valence-corrected chi connectivity index (χ1v) is 34.2. The van der Waals surface area contributed by atoms with Gasteiger partial charge in [-0.25, -0.2) is 40.8 Å². The van der Waals surface area contributed by atoms with Gasteiger partial charge in [0.25, 0.3) is 25.7 Å². The topological polar surface area (TPSA) is 231 Å². The maximum atomic E-state index is 10.7. The number of benzene rings is 6. The fraction of sp³-hybridized carbons (Fsp3) is 0.0541. The van der Waals surface area contributed by atoms with Crippen molar-refractivity contribution in [1.29, 1.82) is 0 Å². The Bertz CT molecular complexity index is 4500. The quantitative estimate of drug-likeness (QED) is 0.0885. The first-order chi connectivity index (χ1) is 48.9. The van der Waals surface area contributed by atoms with Crippen molar-refractivity contribution in [1.82, 2.24) is 87.5 Å². The first-order valence-electron chi connectivity index (χ1n) is 32.8. The van der Waals surface area contributed by atoms with Crippen LogP contribution in [0.3, 0.4) is 0 Å². The third-order valence-corrected chi connectivity index (χ3v) is 19.1. The maximum Gasteiger partial charge on any atom is 3.00 e. The van der Waals surface area contributed by atoms with Crippen LogP contribution in [0.2, 0.25) is 0 Å². The Morgan fingerprint density at radius 3 is 0.657 bits per heavy atom. The van der Waals surface area contributed by atoms with Crippen molar-refractivity contribution >= 4 is 79.9 Å². The summed E-state index contributed by atoms with van der Waals surface area (Å²) >= 11 is 0. The molecule has 0 saturated carbocycles. The molecule has 16 aromatic rings. The third kappa shape index (κ3) is 13.9. The Balaban J connectivity index is 0.000000159. The Labute approximate surface area is 613 Å². The molecular formula is C74H69B4Fe2N19O2S. The minimum absolute atomic E-state index is 0. The standard InChI is InChI=1S/2C29H25B2N9.C10H14NO2S.C6H6.2Fe/c2*1-3-12-26(13-4-1)30(37-22-8-18-32-37,38-23-9-19-33-38)28-16-7-17-29(36-28)31(39-24-10-20-34-39,40-25-11-21-35-40)27-14-5-2-6-15-27;1-10(2,3)8-4-6-9(7-5-8)14(11,12)13;1-2-4-6-5-3-1;;/h2*1-25H;4-7H,1-3H3,(H-,11,12,13);1-6H;;/q2*-2;-1;;2*+3/p-1. The van der Waals surface area contributed by atoms with Crippen LogP contribution in [0.1, 0.15) is 26.3 Å². The van der Waals surface area contributed by atoms with Crippen molar-refractivity contribution in [3.8, 4) is 0 Å². The SMILES string of the molecule is CC(C)(C)c1ccc(S(=[N-])(=O)[O-])cc1.[Fe+3].[Fe+3].c1ccc([B-](c2cccc([B-](c3ccccc3)(n3cccn3)n3cccn3)n2)(n2cccn2)n2cccn2)cc1.c1ccc([B-](c2cccc([B-](c3ccccc3)(n3cccn3)n3cccn3)n2)(n2cccn2)n2cccn2)cc1.c1ccccc1. The summed E-state index contributed by atoms with van der Waals surface area (Å²) in [6, 6.07) is 87.2. The van der Waals surface area contributed by atoms with Gasteiger partial charge in [0.2, 0.25) is 0 Å². The van der Waals surface area contributed by atoms with Gasteiger partial charge >= 0.3 is 34.1 Å². The van der Waals surface area contributed by atoms with Crippen LogP contribution in [0, 0.1) is 0 Å². The number of rotatable bonds is 17. The zero-order valence-electron chi connectivity index (χ0n) is 55.9. The number of aromatic nitrogens is 18. The van der Waals surface area contributed by atoms with E-state index in [2.05, 4.69) is 84.9 Å². The van der Waals surface area contributed by atoms with Gasteiger partial charge in [-0.05, 0) is 126 Å². The van der Waals surface area contributed by atoms with Crippen LogP contribution in [-0.2, 0) is 49.6 Å². The van der Waals surface area contributed by atoms with Gasteiger partial charge in [0.15, 0.2) is 0 Å². The Morgan fingerprint density at radius 1 is 0.294 bits per heavy atom. The molecule has 0 N–H and O–H groups in total. The first kappa shape index (κ1) is 71.8. The van der Waals surface area contributed by atoms with Crippen LogP contribution in [-0.4, -0.2) is 122 Å². The molecule has 16 rings (SSSR count). The van der Waals surface area contributed by atoms with Gasteiger partial charge in [-0.3, -0.25) is 4.21 Å². The molecule has 102 heavy (non-hydrogen) atoms. The van der Waals surface area contributed by atoms with E-state index in [0.717, 1.165) is 49.8 Å². The monoisotopic (exact) mass is 1440 g/mol. The second-order valence-corrected chi connectivity index (χ2v) is 26.4. The fourth-order valence-corrected chi connectivity index (χ4v) is 14.2. The fourth-order valence-electron chi connectivity index (χ4n) is 13.7. The molecule has 506 valence electrons. The van der Waals surface area contributed by atoms with Gasteiger partial charge in [0.1, 0.15) is 0 Å². The average molecular weight is 1440 g/mol. The van der Waals surface area contributed by atoms with Gasteiger partial charge in [0, 0.05) is 49.6 Å². The molecule has 10 aromatic heterocycles. The van der Waals surface area contributed by atoms with Gasteiger partial charge in [-0.15, -0.1) is 0 Å². The van der Waals surface area contributed by atoms with Gasteiger partial charge in [-0.1, -0.05) is 249 Å². The number of hydrogen-bond donors (Lipinski definition) is 0. The molecule has 0 bridgehead atoms. The minimum atomic E-state index is -4.07. The number of nitrogens with zero attached hydrogens (tertiary/aromatic N) is 19. The molecule has 0 spiro atoms. The second kappa shape index (κ2) is 31.8.